The molecule has 0 N–H and O–H groups in total. The average Bonchev–Trinajstić information content (AvgIpc) is 2.96. The van der Waals surface area contributed by atoms with E-state index in [4.69, 9.17) is 11.6 Å². The first-order valence-corrected chi connectivity index (χ1v) is 8.35. The monoisotopic (exact) mass is 404 g/mol. The van der Waals surface area contributed by atoms with Crippen LogP contribution in [0.3, 0.4) is 0 Å². The van der Waals surface area contributed by atoms with E-state index in [0.29, 0.717) is 22.1 Å². The Hall–Kier alpha value is -2.18. The van der Waals surface area contributed by atoms with Crippen molar-refractivity contribution in [2.45, 2.75) is 6.92 Å². The van der Waals surface area contributed by atoms with E-state index in [2.05, 4.69) is 26.0 Å². The van der Waals surface area contributed by atoms with Crippen LogP contribution in [-0.4, -0.2) is 27.7 Å². The maximum Gasteiger partial charge on any atom is 0.261 e. The van der Waals surface area contributed by atoms with Crippen LogP contribution in [0.4, 0.5) is 5.69 Å². The number of amides is 1. The van der Waals surface area contributed by atoms with Crippen molar-refractivity contribution in [3.8, 4) is 5.82 Å². The van der Waals surface area contributed by atoms with Crippen molar-refractivity contribution in [1.82, 2.24) is 14.8 Å². The Bertz CT molecular complexity index is 895. The van der Waals surface area contributed by atoms with E-state index in [1.165, 1.54) is 4.90 Å². The standard InChI is InChI=1S/C17H14BrClN4O/c1-11-13(10-21-23(11)16-5-3-4-8-20-16)17(24)22(2)15-7-6-12(18)9-14(15)19/h3-10H,1-2H3. The van der Waals surface area contributed by atoms with Crippen molar-refractivity contribution >= 4 is 39.1 Å². The molecule has 5 nitrogen and oxygen atoms in total. The van der Waals surface area contributed by atoms with Crippen LogP contribution in [0, 0.1) is 6.92 Å². The van der Waals surface area contributed by atoms with E-state index in [9.17, 15) is 4.79 Å². The van der Waals surface area contributed by atoms with E-state index in [1.807, 2.05) is 31.2 Å². The Kier molecular flexibility index (Phi) is 4.69. The van der Waals surface area contributed by atoms with Gasteiger partial charge in [-0.3, -0.25) is 4.79 Å². The molecule has 0 bridgehead atoms. The lowest BCUT2D eigenvalue weighted by atomic mass is 10.2. The first-order valence-electron chi connectivity index (χ1n) is 7.18. The Morgan fingerprint density at radius 2 is 2.08 bits per heavy atom. The highest BCUT2D eigenvalue weighted by Gasteiger charge is 2.21. The number of pyridine rings is 1. The van der Waals surface area contributed by atoms with Crippen LogP contribution in [0.15, 0.2) is 53.3 Å². The molecule has 0 atom stereocenters. The van der Waals surface area contributed by atoms with Crippen molar-refractivity contribution < 1.29 is 4.79 Å². The highest BCUT2D eigenvalue weighted by Crippen LogP contribution is 2.29. The zero-order chi connectivity index (χ0) is 17.3. The zero-order valence-corrected chi connectivity index (χ0v) is 15.4. The van der Waals surface area contributed by atoms with Gasteiger partial charge in [0.05, 0.1) is 28.2 Å². The predicted octanol–water partition coefficient (Wildman–Crippen LogP) is 4.27. The lowest BCUT2D eigenvalue weighted by Gasteiger charge is -2.18. The lowest BCUT2D eigenvalue weighted by molar-refractivity contribution is 0.0992. The maximum atomic E-state index is 12.8. The topological polar surface area (TPSA) is 51.0 Å². The van der Waals surface area contributed by atoms with Gasteiger partial charge in [0, 0.05) is 17.7 Å². The number of hydrogen-bond donors (Lipinski definition) is 0. The van der Waals surface area contributed by atoms with Crippen LogP contribution < -0.4 is 4.90 Å². The molecular weight excluding hydrogens is 392 g/mol. The van der Waals surface area contributed by atoms with Crippen LogP contribution in [0.2, 0.25) is 5.02 Å². The number of hydrogen-bond acceptors (Lipinski definition) is 3. The van der Waals surface area contributed by atoms with Gasteiger partial charge in [0.25, 0.3) is 5.91 Å². The fraction of sp³-hybridized carbons (Fsp3) is 0.118. The van der Waals surface area contributed by atoms with Crippen LogP contribution in [-0.2, 0) is 0 Å². The Morgan fingerprint density at radius 1 is 1.29 bits per heavy atom. The van der Waals surface area contributed by atoms with Gasteiger partial charge in [-0.2, -0.15) is 5.10 Å². The van der Waals surface area contributed by atoms with Crippen LogP contribution in [0.25, 0.3) is 5.82 Å². The molecule has 122 valence electrons. The molecule has 1 aromatic carbocycles. The summed E-state index contributed by atoms with van der Waals surface area (Å²) in [4.78, 5) is 18.6. The van der Waals surface area contributed by atoms with Gasteiger partial charge in [0.15, 0.2) is 5.82 Å². The van der Waals surface area contributed by atoms with Gasteiger partial charge in [0.2, 0.25) is 0 Å². The normalized spacial score (nSPS) is 10.7. The minimum atomic E-state index is -0.182. The van der Waals surface area contributed by atoms with E-state index in [1.54, 1.807) is 36.3 Å². The number of benzene rings is 1. The highest BCUT2D eigenvalue weighted by atomic mass is 79.9. The van der Waals surface area contributed by atoms with Gasteiger partial charge in [-0.25, -0.2) is 9.67 Å². The third kappa shape index (κ3) is 3.07. The van der Waals surface area contributed by atoms with Crippen LogP contribution in [0.5, 0.6) is 0 Å². The summed E-state index contributed by atoms with van der Waals surface area (Å²) in [5, 5.41) is 4.78. The summed E-state index contributed by atoms with van der Waals surface area (Å²) in [6, 6.07) is 10.9. The number of nitrogens with zero attached hydrogens (tertiary/aromatic N) is 4. The van der Waals surface area contributed by atoms with Gasteiger partial charge in [-0.1, -0.05) is 33.6 Å². The van der Waals surface area contributed by atoms with Gasteiger partial charge in [-0.05, 0) is 37.3 Å². The van der Waals surface area contributed by atoms with Gasteiger partial charge in [0.1, 0.15) is 0 Å². The SMILES string of the molecule is Cc1c(C(=O)N(C)c2ccc(Br)cc2Cl)cnn1-c1ccccn1. The number of carbonyl (C=O) groups is 1. The van der Waals surface area contributed by atoms with E-state index < -0.39 is 0 Å². The summed E-state index contributed by atoms with van der Waals surface area (Å²) >= 11 is 9.60. The van der Waals surface area contributed by atoms with Gasteiger partial charge >= 0.3 is 0 Å². The molecule has 0 aliphatic rings. The average molecular weight is 406 g/mol. The fourth-order valence-corrected chi connectivity index (χ4v) is 3.17. The molecule has 0 radical (unpaired) electrons. The second-order valence-electron chi connectivity index (χ2n) is 5.20. The quantitative estimate of drug-likeness (QED) is 0.654. The van der Waals surface area contributed by atoms with E-state index in [-0.39, 0.29) is 5.91 Å². The molecular formula is C17H14BrClN4O. The third-order valence-electron chi connectivity index (χ3n) is 3.68. The molecule has 2 heterocycles. The van der Waals surface area contributed by atoms with Crippen LogP contribution >= 0.6 is 27.5 Å². The Balaban J connectivity index is 1.95. The van der Waals surface area contributed by atoms with E-state index in [0.717, 1.165) is 10.2 Å². The number of carbonyl (C=O) groups excluding carboxylic acids is 1. The predicted molar refractivity (Wildman–Crippen MR) is 98.0 cm³/mol. The molecule has 24 heavy (non-hydrogen) atoms. The van der Waals surface area contributed by atoms with Crippen LogP contribution in [0.1, 0.15) is 16.1 Å². The van der Waals surface area contributed by atoms with Crippen molar-refractivity contribution in [3.05, 3.63) is 69.5 Å². The first kappa shape index (κ1) is 16.7. The smallest absolute Gasteiger partial charge is 0.261 e. The Labute approximate surface area is 153 Å². The van der Waals surface area contributed by atoms with Crippen molar-refractivity contribution in [2.24, 2.45) is 0 Å². The first-order chi connectivity index (χ1) is 11.5. The molecule has 1 amide bonds. The zero-order valence-electron chi connectivity index (χ0n) is 13.1. The van der Waals surface area contributed by atoms with Crippen molar-refractivity contribution in [2.75, 3.05) is 11.9 Å². The van der Waals surface area contributed by atoms with E-state index >= 15 is 0 Å². The fourth-order valence-electron chi connectivity index (χ4n) is 2.37. The molecule has 0 saturated heterocycles. The summed E-state index contributed by atoms with van der Waals surface area (Å²) in [7, 11) is 1.69. The van der Waals surface area contributed by atoms with Gasteiger partial charge in [-0.15, -0.1) is 0 Å². The molecule has 0 unspecified atom stereocenters. The van der Waals surface area contributed by atoms with Crippen molar-refractivity contribution in [3.63, 3.8) is 0 Å². The lowest BCUT2D eigenvalue weighted by Crippen LogP contribution is -2.27. The molecule has 0 aliphatic heterocycles. The molecule has 3 rings (SSSR count). The minimum absolute atomic E-state index is 0.182. The summed E-state index contributed by atoms with van der Waals surface area (Å²) < 4.78 is 2.50. The molecule has 0 aliphatic carbocycles. The summed E-state index contributed by atoms with van der Waals surface area (Å²) in [5.41, 5.74) is 1.86. The summed E-state index contributed by atoms with van der Waals surface area (Å²) in [6.07, 6.45) is 3.24. The molecule has 0 fully saturated rings. The molecule has 0 saturated carbocycles. The molecule has 2 aromatic heterocycles. The maximum absolute atomic E-state index is 12.8. The summed E-state index contributed by atoms with van der Waals surface area (Å²) in [5.74, 6) is 0.484. The number of aromatic nitrogens is 3. The molecule has 3 aromatic rings. The Morgan fingerprint density at radius 3 is 2.75 bits per heavy atom. The molecule has 7 heteroatoms. The van der Waals surface area contributed by atoms with Crippen molar-refractivity contribution in [1.29, 1.82) is 0 Å². The highest BCUT2D eigenvalue weighted by molar-refractivity contribution is 9.10. The summed E-state index contributed by atoms with van der Waals surface area (Å²) in [6.45, 7) is 1.84. The molecule has 0 spiro atoms. The largest absolute Gasteiger partial charge is 0.310 e. The number of halogens is 2. The number of rotatable bonds is 3. The second kappa shape index (κ2) is 6.75. The van der Waals surface area contributed by atoms with Gasteiger partial charge < -0.3 is 4.90 Å². The number of anilines is 1. The second-order valence-corrected chi connectivity index (χ2v) is 6.53. The third-order valence-corrected chi connectivity index (χ3v) is 4.48. The minimum Gasteiger partial charge on any atom is -0.310 e.